The fourth-order valence-corrected chi connectivity index (χ4v) is 6.94. The van der Waals surface area contributed by atoms with Gasteiger partial charge in [-0.2, -0.15) is 0 Å². The van der Waals surface area contributed by atoms with Gasteiger partial charge in [-0.15, -0.1) is 0 Å². The molecule has 0 heterocycles. The highest BCUT2D eigenvalue weighted by Crippen LogP contribution is 2.52. The largest absolute Gasteiger partial charge is 0.0629 e. The maximum Gasteiger partial charge on any atom is 0.00317 e. The zero-order valence-electron chi connectivity index (χ0n) is 23.3. The van der Waals surface area contributed by atoms with Crippen molar-refractivity contribution in [1.29, 1.82) is 0 Å². The normalized spacial score (nSPS) is 26.2. The van der Waals surface area contributed by atoms with Gasteiger partial charge in [0.2, 0.25) is 0 Å². The van der Waals surface area contributed by atoms with E-state index in [1.165, 1.54) is 58.3 Å². The van der Waals surface area contributed by atoms with Crippen LogP contribution in [0.2, 0.25) is 0 Å². The van der Waals surface area contributed by atoms with Crippen molar-refractivity contribution in [2.45, 2.75) is 102 Å². The third-order valence-corrected chi connectivity index (χ3v) is 10.1. The molecule has 0 heteroatoms. The maximum atomic E-state index is 2.40. The molecule has 4 aliphatic rings. The summed E-state index contributed by atoms with van der Waals surface area (Å²) in [7, 11) is 0. The van der Waals surface area contributed by atoms with Gasteiger partial charge in [0.1, 0.15) is 0 Å². The van der Waals surface area contributed by atoms with Gasteiger partial charge in [0.15, 0.2) is 0 Å². The lowest BCUT2D eigenvalue weighted by atomic mass is 9.75. The molecule has 0 aromatic heterocycles. The minimum atomic E-state index is 0.541. The van der Waals surface area contributed by atoms with E-state index in [4.69, 9.17) is 0 Å². The third-order valence-electron chi connectivity index (χ3n) is 10.1. The average Bonchev–Trinajstić information content (AvgIpc) is 3.19. The van der Waals surface area contributed by atoms with E-state index in [9.17, 15) is 0 Å². The summed E-state index contributed by atoms with van der Waals surface area (Å²) in [6, 6.07) is 0. The average molecular weight is 441 g/mol. The van der Waals surface area contributed by atoms with E-state index in [0.29, 0.717) is 11.8 Å². The Morgan fingerprint density at radius 3 is 1.64 bits per heavy atom. The van der Waals surface area contributed by atoms with Crippen molar-refractivity contribution in [2.75, 3.05) is 0 Å². The second-order valence-corrected chi connectivity index (χ2v) is 11.2. The van der Waals surface area contributed by atoms with Crippen LogP contribution in [0.4, 0.5) is 0 Å². The predicted octanol–water partition coefficient (Wildman–Crippen LogP) is 10.1. The summed E-state index contributed by atoms with van der Waals surface area (Å²) in [5, 5.41) is 0. The van der Waals surface area contributed by atoms with Gasteiger partial charge in [-0.25, -0.2) is 0 Å². The molecule has 0 saturated carbocycles. The summed E-state index contributed by atoms with van der Waals surface area (Å²) in [5.74, 6) is 1.10. The molecule has 4 rings (SSSR count). The fourth-order valence-electron chi connectivity index (χ4n) is 6.94. The van der Waals surface area contributed by atoms with Crippen LogP contribution in [0.5, 0.6) is 0 Å². The van der Waals surface area contributed by atoms with E-state index >= 15 is 0 Å². The number of rotatable bonds is 4. The van der Waals surface area contributed by atoms with Gasteiger partial charge in [0, 0.05) is 5.92 Å². The summed E-state index contributed by atoms with van der Waals surface area (Å²) in [6.07, 6.45) is 3.57. The molecule has 0 saturated heterocycles. The van der Waals surface area contributed by atoms with Crippen molar-refractivity contribution in [1.82, 2.24) is 0 Å². The van der Waals surface area contributed by atoms with Gasteiger partial charge in [-0.1, -0.05) is 30.6 Å². The zero-order valence-corrected chi connectivity index (χ0v) is 23.3. The lowest BCUT2D eigenvalue weighted by molar-refractivity contribution is 0.756. The molecule has 4 aliphatic carbocycles. The Labute approximate surface area is 203 Å². The summed E-state index contributed by atoms with van der Waals surface area (Å²) >= 11 is 0. The molecule has 2 unspecified atom stereocenters. The van der Waals surface area contributed by atoms with Crippen LogP contribution in [-0.4, -0.2) is 0 Å². The van der Waals surface area contributed by atoms with Crippen LogP contribution in [-0.2, 0) is 0 Å². The van der Waals surface area contributed by atoms with Gasteiger partial charge in [0.25, 0.3) is 0 Å². The first kappa shape index (κ1) is 24.1. The fraction of sp³-hybridized carbons (Fsp3) is 0.515. The van der Waals surface area contributed by atoms with E-state index in [-0.39, 0.29) is 0 Å². The van der Waals surface area contributed by atoms with Crippen molar-refractivity contribution in [3.63, 3.8) is 0 Å². The first-order valence-electron chi connectivity index (χ1n) is 13.0. The van der Waals surface area contributed by atoms with Crippen molar-refractivity contribution in [3.05, 3.63) is 89.2 Å². The van der Waals surface area contributed by atoms with Gasteiger partial charge in [0.05, 0.1) is 0 Å². The van der Waals surface area contributed by atoms with Crippen molar-refractivity contribution >= 4 is 0 Å². The van der Waals surface area contributed by atoms with Crippen molar-refractivity contribution < 1.29 is 0 Å². The molecular weight excluding hydrogens is 396 g/mol. The number of allylic oxidation sites excluding steroid dienone is 16. The number of fused-ring (bicyclic) bond motifs is 2. The van der Waals surface area contributed by atoms with Gasteiger partial charge >= 0.3 is 0 Å². The lowest BCUT2D eigenvalue weighted by Crippen LogP contribution is -2.13. The summed E-state index contributed by atoms with van der Waals surface area (Å²) in [6.45, 7) is 28.3. The van der Waals surface area contributed by atoms with E-state index in [1.807, 2.05) is 0 Å². The second-order valence-electron chi connectivity index (χ2n) is 11.2. The van der Waals surface area contributed by atoms with E-state index < -0.39 is 0 Å². The Hall–Kier alpha value is -2.08. The Morgan fingerprint density at radius 2 is 1.00 bits per heavy atom. The Bertz CT molecular complexity index is 1220. The monoisotopic (exact) mass is 440 g/mol. The standard InChI is InChI=1S/C33H44/c1-16-18(3)24(9)32-28(20(5)26(11)30(32)22(16)7)14-13-15-29-21(6)27(12)31-23(8)17(2)19(4)25(10)33(29)31/h16,23H,13-15H2,1-12H3. The van der Waals surface area contributed by atoms with Crippen molar-refractivity contribution in [3.8, 4) is 0 Å². The number of hydrogen-bond acceptors (Lipinski definition) is 0. The smallest absolute Gasteiger partial charge is 0.00317 e. The Balaban J connectivity index is 1.66. The van der Waals surface area contributed by atoms with Crippen molar-refractivity contribution in [2.24, 2.45) is 11.8 Å². The molecule has 2 atom stereocenters. The molecule has 0 aromatic rings. The first-order chi connectivity index (χ1) is 15.4. The topological polar surface area (TPSA) is 0 Å². The molecule has 0 radical (unpaired) electrons. The van der Waals surface area contributed by atoms with Crippen LogP contribution >= 0.6 is 0 Å². The quantitative estimate of drug-likeness (QED) is 0.408. The van der Waals surface area contributed by atoms with Crippen LogP contribution in [0.1, 0.15) is 102 Å². The maximum absolute atomic E-state index is 2.40. The molecule has 0 fully saturated rings. The summed E-state index contributed by atoms with van der Waals surface area (Å²) in [5.41, 5.74) is 24.9. The zero-order chi connectivity index (χ0) is 24.5. The minimum Gasteiger partial charge on any atom is -0.0629 e. The highest BCUT2D eigenvalue weighted by atomic mass is 14.4. The molecular formula is C33H44. The second kappa shape index (κ2) is 8.30. The van der Waals surface area contributed by atoms with Gasteiger partial charge < -0.3 is 0 Å². The molecule has 0 aromatic carbocycles. The molecule has 0 spiro atoms. The minimum absolute atomic E-state index is 0.541. The lowest BCUT2D eigenvalue weighted by Gasteiger charge is -2.29. The SMILES string of the molecule is CC1=C(C)C2=C(C)C(C)C(C)=C(C)C2=C1CCCC1=C(C)C(C)=C2C1=C(C)C(C)=C(C)C2C. The third kappa shape index (κ3) is 3.31. The van der Waals surface area contributed by atoms with Crippen LogP contribution < -0.4 is 0 Å². The molecule has 0 amide bonds. The first-order valence-corrected chi connectivity index (χ1v) is 13.0. The molecule has 176 valence electrons. The molecule has 0 aliphatic heterocycles. The molecule has 0 N–H and O–H groups in total. The highest BCUT2D eigenvalue weighted by molar-refractivity contribution is 5.73. The Kier molecular flexibility index (Phi) is 6.05. The summed E-state index contributed by atoms with van der Waals surface area (Å²) in [4.78, 5) is 0. The van der Waals surface area contributed by atoms with Crippen LogP contribution in [0.3, 0.4) is 0 Å². The molecule has 0 bridgehead atoms. The van der Waals surface area contributed by atoms with E-state index in [2.05, 4.69) is 83.1 Å². The molecule has 0 nitrogen and oxygen atoms in total. The van der Waals surface area contributed by atoms with Gasteiger partial charge in [-0.3, -0.25) is 0 Å². The van der Waals surface area contributed by atoms with E-state index in [1.54, 1.807) is 50.2 Å². The highest BCUT2D eigenvalue weighted by Gasteiger charge is 2.35. The molecule has 33 heavy (non-hydrogen) atoms. The Morgan fingerprint density at radius 1 is 0.424 bits per heavy atom. The van der Waals surface area contributed by atoms with E-state index in [0.717, 1.165) is 0 Å². The van der Waals surface area contributed by atoms with Crippen LogP contribution in [0, 0.1) is 11.8 Å². The van der Waals surface area contributed by atoms with Crippen LogP contribution in [0.15, 0.2) is 89.2 Å². The van der Waals surface area contributed by atoms with Crippen LogP contribution in [0.25, 0.3) is 0 Å². The predicted molar refractivity (Wildman–Crippen MR) is 145 cm³/mol. The van der Waals surface area contributed by atoms with Gasteiger partial charge in [-0.05, 0) is 167 Å². The summed E-state index contributed by atoms with van der Waals surface area (Å²) < 4.78 is 0. The number of hydrogen-bond donors (Lipinski definition) is 0.